The lowest BCUT2D eigenvalue weighted by molar-refractivity contribution is -0.199. The van der Waals surface area contributed by atoms with Gasteiger partial charge in [-0.3, -0.25) is 19.4 Å². The van der Waals surface area contributed by atoms with Crippen molar-refractivity contribution in [2.45, 2.75) is 112 Å². The molecule has 4 heterocycles. The molecule has 10 heteroatoms. The van der Waals surface area contributed by atoms with Gasteiger partial charge >= 0.3 is 0 Å². The Morgan fingerprint density at radius 2 is 1.52 bits per heavy atom. The van der Waals surface area contributed by atoms with Gasteiger partial charge in [-0.05, 0) is 31.1 Å². The maximum absolute atomic E-state index is 12.2. The van der Waals surface area contributed by atoms with Gasteiger partial charge in [-0.2, -0.15) is 0 Å². The number of ether oxygens (including phenoxy) is 1. The maximum Gasteiger partial charge on any atom is 0.140 e. The normalized spacial score (nSPS) is 54.8. The minimum absolute atomic E-state index is 0.0385. The van der Waals surface area contributed by atoms with Crippen LogP contribution in [-0.4, -0.2) is 120 Å². The molecule has 5 unspecified atom stereocenters. The predicted octanol–water partition coefficient (Wildman–Crippen LogP) is -2.24. The van der Waals surface area contributed by atoms with Crippen molar-refractivity contribution in [2.75, 3.05) is 6.54 Å². The number of Topliss-reactive ketones (excluding diaryl/α,β-unsaturated/α-hetero) is 2. The van der Waals surface area contributed by atoms with E-state index in [9.17, 15) is 35.1 Å². The van der Waals surface area contributed by atoms with Crippen LogP contribution in [0, 0.1) is 11.8 Å². The van der Waals surface area contributed by atoms with E-state index in [1.54, 1.807) is 0 Å². The van der Waals surface area contributed by atoms with Crippen LogP contribution in [0.5, 0.6) is 0 Å². The second-order valence-electron chi connectivity index (χ2n) is 11.2. The number of piperidine rings is 2. The molecule has 6 aliphatic rings. The fourth-order valence-corrected chi connectivity index (χ4v) is 7.95. The molecule has 184 valence electrons. The lowest BCUT2D eigenvalue weighted by Crippen LogP contribution is -2.62. The van der Waals surface area contributed by atoms with Crippen molar-refractivity contribution in [3.8, 4) is 0 Å². The fourth-order valence-electron chi connectivity index (χ4n) is 7.95. The van der Waals surface area contributed by atoms with Crippen LogP contribution in [0.4, 0.5) is 0 Å². The second-order valence-corrected chi connectivity index (χ2v) is 11.2. The molecule has 4 saturated heterocycles. The van der Waals surface area contributed by atoms with Gasteiger partial charge in [-0.1, -0.05) is 0 Å². The summed E-state index contributed by atoms with van der Waals surface area (Å²) in [5, 5.41) is 53.7. The minimum atomic E-state index is -1.26. The average Bonchev–Trinajstić information content (AvgIpc) is 3.36. The van der Waals surface area contributed by atoms with E-state index in [2.05, 4.69) is 0 Å². The van der Waals surface area contributed by atoms with E-state index in [-0.39, 0.29) is 42.0 Å². The number of nitrogens with zero attached hydrogens (tertiary/aromatic N) is 2. The summed E-state index contributed by atoms with van der Waals surface area (Å²) in [6, 6.07) is -1.48. The van der Waals surface area contributed by atoms with Crippen molar-refractivity contribution in [2.24, 2.45) is 11.8 Å². The summed E-state index contributed by atoms with van der Waals surface area (Å²) >= 11 is 0. The highest BCUT2D eigenvalue weighted by atomic mass is 16.5. The highest BCUT2D eigenvalue weighted by molar-refractivity contribution is 5.82. The van der Waals surface area contributed by atoms with Gasteiger partial charge in [0, 0.05) is 44.3 Å². The van der Waals surface area contributed by atoms with E-state index in [0.717, 1.165) is 6.42 Å². The van der Waals surface area contributed by atoms with Crippen LogP contribution in [0.2, 0.25) is 0 Å². The van der Waals surface area contributed by atoms with E-state index in [1.165, 1.54) is 0 Å². The third-order valence-electron chi connectivity index (χ3n) is 9.38. The molecule has 4 aliphatic heterocycles. The first kappa shape index (κ1) is 22.5. The number of aliphatic hydroxyl groups excluding tert-OH is 5. The topological polar surface area (TPSA) is 151 Å². The number of fused-ring (bicyclic) bond motifs is 6. The van der Waals surface area contributed by atoms with Crippen LogP contribution in [0.1, 0.15) is 44.9 Å². The molecule has 2 saturated carbocycles. The molecule has 0 aromatic heterocycles. The standard InChI is InChI=1S/C23H34N2O8/c26-11-2-1-9-5-17(19-20(30)16(29)8-24(19)13(9)6-11)33-23-22(32)21(31)18-15(28)4-10-3-12(27)7-14(10)25(18)23/h9-10,13-23,28-32H,1-8H2/t9?,10?,13?,14?,15-,16-,17-,18-,19-,20-,21+,22+,23?/m1/s1. The Hall–Kier alpha value is -0.980. The van der Waals surface area contributed by atoms with Crippen LogP contribution < -0.4 is 0 Å². The quantitative estimate of drug-likeness (QED) is 0.302. The first-order chi connectivity index (χ1) is 15.7. The third-order valence-corrected chi connectivity index (χ3v) is 9.38. The molecule has 13 atom stereocenters. The highest BCUT2D eigenvalue weighted by Crippen LogP contribution is 2.47. The second kappa shape index (κ2) is 8.03. The number of hydrogen-bond acceptors (Lipinski definition) is 10. The van der Waals surface area contributed by atoms with E-state index >= 15 is 0 Å². The molecule has 0 aromatic carbocycles. The predicted molar refractivity (Wildman–Crippen MR) is 112 cm³/mol. The first-order valence-electron chi connectivity index (χ1n) is 12.4. The van der Waals surface area contributed by atoms with E-state index in [0.29, 0.717) is 38.5 Å². The number of rotatable bonds is 2. The summed E-state index contributed by atoms with van der Waals surface area (Å²) < 4.78 is 6.50. The Balaban J connectivity index is 1.30. The molecule has 0 aromatic rings. The zero-order valence-electron chi connectivity index (χ0n) is 18.5. The van der Waals surface area contributed by atoms with Gasteiger partial charge in [0.15, 0.2) is 0 Å². The molecule has 2 aliphatic carbocycles. The number of carbonyl (C=O) groups excluding carboxylic acids is 2. The highest BCUT2D eigenvalue weighted by Gasteiger charge is 2.61. The van der Waals surface area contributed by atoms with E-state index in [1.807, 2.05) is 9.80 Å². The summed E-state index contributed by atoms with van der Waals surface area (Å²) in [6.45, 7) is 0.264. The Morgan fingerprint density at radius 1 is 0.758 bits per heavy atom. The number of hydrogen-bond donors (Lipinski definition) is 5. The maximum atomic E-state index is 12.2. The van der Waals surface area contributed by atoms with Crippen LogP contribution in [-0.2, 0) is 14.3 Å². The Labute approximate surface area is 192 Å². The zero-order chi connectivity index (χ0) is 23.2. The van der Waals surface area contributed by atoms with Crippen LogP contribution in [0.25, 0.3) is 0 Å². The largest absolute Gasteiger partial charge is 0.391 e. The molecule has 6 rings (SSSR count). The van der Waals surface area contributed by atoms with Gasteiger partial charge < -0.3 is 30.3 Å². The van der Waals surface area contributed by atoms with Crippen LogP contribution in [0.3, 0.4) is 0 Å². The molecule has 6 fully saturated rings. The summed E-state index contributed by atoms with van der Waals surface area (Å²) in [6.07, 6.45) is -3.45. The van der Waals surface area contributed by atoms with E-state index in [4.69, 9.17) is 4.74 Å². The molecule has 5 N–H and O–H groups in total. The molecular weight excluding hydrogens is 432 g/mol. The monoisotopic (exact) mass is 466 g/mol. The van der Waals surface area contributed by atoms with Gasteiger partial charge in [0.2, 0.25) is 0 Å². The molecule has 33 heavy (non-hydrogen) atoms. The van der Waals surface area contributed by atoms with Crippen molar-refractivity contribution in [1.29, 1.82) is 0 Å². The smallest absolute Gasteiger partial charge is 0.140 e. The average molecular weight is 467 g/mol. The van der Waals surface area contributed by atoms with Crippen molar-refractivity contribution in [3.63, 3.8) is 0 Å². The van der Waals surface area contributed by atoms with Gasteiger partial charge in [0.05, 0.1) is 36.5 Å². The molecule has 0 amide bonds. The summed E-state index contributed by atoms with van der Waals surface area (Å²) in [7, 11) is 0. The van der Waals surface area contributed by atoms with Gasteiger partial charge in [-0.25, -0.2) is 0 Å². The molecular formula is C23H34N2O8. The minimum Gasteiger partial charge on any atom is -0.391 e. The Kier molecular flexibility index (Phi) is 5.47. The number of aliphatic hydroxyl groups is 5. The van der Waals surface area contributed by atoms with Gasteiger partial charge in [-0.15, -0.1) is 0 Å². The molecule has 0 radical (unpaired) electrons. The first-order valence-corrected chi connectivity index (χ1v) is 12.4. The van der Waals surface area contributed by atoms with Crippen molar-refractivity contribution >= 4 is 11.6 Å². The number of ketones is 2. The lowest BCUT2D eigenvalue weighted by Gasteiger charge is -2.51. The molecule has 0 spiro atoms. The summed E-state index contributed by atoms with van der Waals surface area (Å²) in [5.41, 5.74) is 0. The van der Waals surface area contributed by atoms with Crippen LogP contribution >= 0.6 is 0 Å². The Morgan fingerprint density at radius 3 is 2.30 bits per heavy atom. The summed E-state index contributed by atoms with van der Waals surface area (Å²) in [5.74, 6) is 0.443. The molecule has 0 bridgehead atoms. The fraction of sp³-hybridized carbons (Fsp3) is 0.913. The third kappa shape index (κ3) is 3.37. The van der Waals surface area contributed by atoms with Crippen molar-refractivity contribution in [3.05, 3.63) is 0 Å². The van der Waals surface area contributed by atoms with Gasteiger partial charge in [0.1, 0.15) is 30.0 Å². The van der Waals surface area contributed by atoms with E-state index < -0.39 is 54.9 Å². The van der Waals surface area contributed by atoms with Crippen molar-refractivity contribution < 1.29 is 39.9 Å². The zero-order valence-corrected chi connectivity index (χ0v) is 18.5. The van der Waals surface area contributed by atoms with Crippen LogP contribution in [0.15, 0.2) is 0 Å². The number of carbonyl (C=O) groups is 2. The molecule has 10 nitrogen and oxygen atoms in total. The Bertz CT molecular complexity index is 826. The SMILES string of the molecule is O=C1CCC2C[C@@H](OC3[C@@H](O)[C@@H](O)[C@H]4[C@H](O)CC5CC(=O)CC5N34)[C@@H]3[C@H](O)[C@H](O)CN3C2C1. The lowest BCUT2D eigenvalue weighted by atomic mass is 9.75. The summed E-state index contributed by atoms with van der Waals surface area (Å²) in [4.78, 5) is 28.2. The van der Waals surface area contributed by atoms with Gasteiger partial charge in [0.25, 0.3) is 0 Å². The van der Waals surface area contributed by atoms with Crippen molar-refractivity contribution in [1.82, 2.24) is 9.80 Å².